The van der Waals surface area contributed by atoms with Gasteiger partial charge in [0, 0.05) is 36.5 Å². The van der Waals surface area contributed by atoms with Crippen molar-refractivity contribution in [2.45, 2.75) is 25.9 Å². The molecule has 0 saturated carbocycles. The summed E-state index contributed by atoms with van der Waals surface area (Å²) in [5.41, 5.74) is 1.32. The van der Waals surface area contributed by atoms with Crippen molar-refractivity contribution >= 4 is 28.8 Å². The second-order valence-corrected chi connectivity index (χ2v) is 8.65. The fourth-order valence-electron chi connectivity index (χ4n) is 2.68. The number of aliphatic hydroxyl groups excluding tert-OH is 1. The molecule has 0 saturated heterocycles. The van der Waals surface area contributed by atoms with Crippen molar-refractivity contribution in [3.63, 3.8) is 0 Å². The zero-order valence-corrected chi connectivity index (χ0v) is 19.3. The quantitative estimate of drug-likeness (QED) is 0.496. The molecule has 0 aliphatic rings. The largest absolute Gasteiger partial charge is 0.489 e. The smallest absolute Gasteiger partial charge is 0.165 e. The van der Waals surface area contributed by atoms with Crippen LogP contribution in [0.3, 0.4) is 0 Å². The first-order valence-electron chi connectivity index (χ1n) is 9.77. The van der Waals surface area contributed by atoms with Crippen LogP contribution in [0.15, 0.2) is 30.5 Å². The highest BCUT2D eigenvalue weighted by Crippen LogP contribution is 2.37. The molecule has 0 bridgehead atoms. The highest BCUT2D eigenvalue weighted by atomic mass is 35.5. The number of hydrogen-bond donors (Lipinski definition) is 2. The van der Waals surface area contributed by atoms with E-state index in [1.54, 1.807) is 13.2 Å². The molecule has 0 spiro atoms. The first-order chi connectivity index (χ1) is 14.8. The van der Waals surface area contributed by atoms with E-state index < -0.39 is 5.82 Å². The third kappa shape index (κ3) is 5.48. The van der Waals surface area contributed by atoms with Gasteiger partial charge in [-0.3, -0.25) is 0 Å². The monoisotopic (exact) mass is 465 g/mol. The fourth-order valence-corrected chi connectivity index (χ4v) is 3.85. The molecule has 1 aromatic carbocycles. The highest BCUT2D eigenvalue weighted by Gasteiger charge is 2.17. The summed E-state index contributed by atoms with van der Waals surface area (Å²) in [5, 5.41) is 22.0. The molecule has 0 radical (unpaired) electrons. The van der Waals surface area contributed by atoms with Crippen molar-refractivity contribution in [2.75, 3.05) is 32.2 Å². The van der Waals surface area contributed by atoms with Gasteiger partial charge in [-0.15, -0.1) is 10.2 Å². The Morgan fingerprint density at radius 3 is 2.68 bits per heavy atom. The molecular formula is C21H25ClFN5O2S. The Morgan fingerprint density at radius 1 is 1.26 bits per heavy atom. The summed E-state index contributed by atoms with van der Waals surface area (Å²) in [6.45, 7) is 4.16. The van der Waals surface area contributed by atoms with Gasteiger partial charge in [0.15, 0.2) is 11.6 Å². The predicted octanol–water partition coefficient (Wildman–Crippen LogP) is 3.86. The highest BCUT2D eigenvalue weighted by molar-refractivity contribution is 7.18. The van der Waals surface area contributed by atoms with E-state index in [1.165, 1.54) is 23.5 Å². The van der Waals surface area contributed by atoms with Gasteiger partial charge in [0.25, 0.3) is 0 Å². The molecule has 1 unspecified atom stereocenters. The van der Waals surface area contributed by atoms with Crippen molar-refractivity contribution in [2.24, 2.45) is 0 Å². The molecule has 3 rings (SSSR count). The van der Waals surface area contributed by atoms with Crippen molar-refractivity contribution in [1.82, 2.24) is 20.5 Å². The molecule has 2 N–H and O–H groups in total. The minimum absolute atomic E-state index is 0.0164. The standard InChI is InChI=1S/C21H25ClFN5O2S/c1-12(2)28(4)19-7-13(5-6-25-19)20-26-27-21(31-20)15-8-17(23)18(9-16(15)22)30-11-14(10-29)24-3/h5-9,12,14,24,29H,10-11H2,1-4H3. The first kappa shape index (κ1) is 23.3. The van der Waals surface area contributed by atoms with Crippen LogP contribution in [0.1, 0.15) is 13.8 Å². The van der Waals surface area contributed by atoms with E-state index in [9.17, 15) is 9.50 Å². The van der Waals surface area contributed by atoms with Crippen LogP contribution in [0.25, 0.3) is 21.1 Å². The maximum Gasteiger partial charge on any atom is 0.165 e. The van der Waals surface area contributed by atoms with Gasteiger partial charge in [0.05, 0.1) is 17.7 Å². The minimum Gasteiger partial charge on any atom is -0.489 e. The van der Waals surface area contributed by atoms with E-state index in [2.05, 4.69) is 39.2 Å². The number of hydrogen-bond acceptors (Lipinski definition) is 8. The van der Waals surface area contributed by atoms with Crippen LogP contribution in [0, 0.1) is 5.82 Å². The van der Waals surface area contributed by atoms with E-state index in [4.69, 9.17) is 16.3 Å². The number of benzene rings is 1. The lowest BCUT2D eigenvalue weighted by Gasteiger charge is -2.22. The molecule has 7 nitrogen and oxygen atoms in total. The van der Waals surface area contributed by atoms with Crippen LogP contribution in [-0.2, 0) is 0 Å². The lowest BCUT2D eigenvalue weighted by Crippen LogP contribution is -2.35. The van der Waals surface area contributed by atoms with Gasteiger partial charge >= 0.3 is 0 Å². The van der Waals surface area contributed by atoms with Crippen LogP contribution in [0.5, 0.6) is 5.75 Å². The Bertz CT molecular complexity index is 1030. The van der Waals surface area contributed by atoms with Crippen LogP contribution in [0.2, 0.25) is 5.02 Å². The summed E-state index contributed by atoms with van der Waals surface area (Å²) in [7, 11) is 3.67. The molecule has 0 aliphatic carbocycles. The maximum atomic E-state index is 14.6. The molecule has 2 aromatic heterocycles. The topological polar surface area (TPSA) is 83.4 Å². The normalized spacial score (nSPS) is 12.3. The fraction of sp³-hybridized carbons (Fsp3) is 0.381. The summed E-state index contributed by atoms with van der Waals surface area (Å²) in [6, 6.07) is 6.52. The molecule has 0 aliphatic heterocycles. The zero-order chi connectivity index (χ0) is 22.5. The number of aromatic nitrogens is 3. The average Bonchev–Trinajstić information content (AvgIpc) is 3.26. The van der Waals surface area contributed by atoms with Gasteiger partial charge in [-0.1, -0.05) is 22.9 Å². The number of nitrogens with zero attached hydrogens (tertiary/aromatic N) is 4. The third-order valence-electron chi connectivity index (χ3n) is 4.87. The number of aliphatic hydroxyl groups is 1. The first-order valence-corrected chi connectivity index (χ1v) is 11.0. The van der Waals surface area contributed by atoms with Gasteiger partial charge in [-0.05, 0) is 39.1 Å². The molecule has 1 atom stereocenters. The van der Waals surface area contributed by atoms with Crippen LogP contribution in [0.4, 0.5) is 10.2 Å². The molecule has 2 heterocycles. The number of halogens is 2. The third-order valence-corrected chi connectivity index (χ3v) is 6.19. The van der Waals surface area contributed by atoms with Gasteiger partial charge in [-0.25, -0.2) is 9.37 Å². The maximum absolute atomic E-state index is 14.6. The number of rotatable bonds is 9. The number of ether oxygens (including phenoxy) is 1. The predicted molar refractivity (Wildman–Crippen MR) is 123 cm³/mol. The Hall–Kier alpha value is -2.33. The number of pyridine rings is 1. The summed E-state index contributed by atoms with van der Waals surface area (Å²) >= 11 is 7.71. The van der Waals surface area contributed by atoms with E-state index in [1.807, 2.05) is 19.2 Å². The summed E-state index contributed by atoms with van der Waals surface area (Å²) < 4.78 is 20.1. The minimum atomic E-state index is -0.561. The number of nitrogens with one attached hydrogen (secondary N) is 1. The molecule has 31 heavy (non-hydrogen) atoms. The van der Waals surface area contributed by atoms with Crippen LogP contribution >= 0.6 is 22.9 Å². The van der Waals surface area contributed by atoms with E-state index >= 15 is 0 Å². The Morgan fingerprint density at radius 2 is 2.00 bits per heavy atom. The SMILES string of the molecule is CNC(CO)COc1cc(Cl)c(-c2nnc(-c3ccnc(N(C)C(C)C)c3)s2)cc1F. The molecule has 0 amide bonds. The van der Waals surface area contributed by atoms with Crippen molar-refractivity contribution < 1.29 is 14.2 Å². The van der Waals surface area contributed by atoms with Gasteiger partial charge < -0.3 is 20.1 Å². The molecule has 3 aromatic rings. The summed E-state index contributed by atoms with van der Waals surface area (Å²) in [6.07, 6.45) is 1.73. The average molecular weight is 466 g/mol. The van der Waals surface area contributed by atoms with E-state index in [0.29, 0.717) is 26.6 Å². The Kier molecular flexibility index (Phi) is 7.77. The van der Waals surface area contributed by atoms with Gasteiger partial charge in [0.1, 0.15) is 22.4 Å². The zero-order valence-electron chi connectivity index (χ0n) is 17.8. The van der Waals surface area contributed by atoms with Crippen molar-refractivity contribution in [3.05, 3.63) is 41.3 Å². The second kappa shape index (κ2) is 10.3. The van der Waals surface area contributed by atoms with E-state index in [0.717, 1.165) is 11.4 Å². The van der Waals surface area contributed by atoms with E-state index in [-0.39, 0.29) is 25.0 Å². The molecule has 166 valence electrons. The summed E-state index contributed by atoms with van der Waals surface area (Å²) in [5.74, 6) is 0.286. The second-order valence-electron chi connectivity index (χ2n) is 7.26. The number of likely N-dealkylation sites (N-methyl/N-ethyl adjacent to an activating group) is 1. The molecule has 10 heteroatoms. The van der Waals surface area contributed by atoms with Gasteiger partial charge in [0.2, 0.25) is 0 Å². The van der Waals surface area contributed by atoms with Crippen molar-refractivity contribution in [1.29, 1.82) is 0 Å². The van der Waals surface area contributed by atoms with Crippen LogP contribution in [-0.4, -0.2) is 59.7 Å². The van der Waals surface area contributed by atoms with Crippen molar-refractivity contribution in [3.8, 4) is 26.9 Å². The lowest BCUT2D eigenvalue weighted by atomic mass is 10.2. The lowest BCUT2D eigenvalue weighted by molar-refractivity contribution is 0.185. The van der Waals surface area contributed by atoms with Crippen LogP contribution < -0.4 is 15.0 Å². The molecule has 0 fully saturated rings. The summed E-state index contributed by atoms with van der Waals surface area (Å²) in [4.78, 5) is 6.47. The van der Waals surface area contributed by atoms with Gasteiger partial charge in [-0.2, -0.15) is 0 Å². The Balaban J connectivity index is 1.84. The number of anilines is 1. The molecular weight excluding hydrogens is 441 g/mol. The Labute approximate surface area is 189 Å².